The standard InChI is InChI=1S/C33H32FN5O6/c1-20-19-35-15-16-39(20)32(42)45-29-18-26-25(17-28(29)43-2)27(11-14-36-26)44-24-9-7-23(8-10-24)38-31(41)33(12-13-33)30(40)37-22-5-3-21(34)4-6-22/h3-11,14,17-18,20,35H,12-13,15-16,19H2,1-2H3,(H,37,40)(H,38,41)/t20-/m1/s1. The van der Waals surface area contributed by atoms with Gasteiger partial charge in [-0.3, -0.25) is 14.6 Å². The second-order valence-corrected chi connectivity index (χ2v) is 11.1. The fourth-order valence-electron chi connectivity index (χ4n) is 5.17. The third-order valence-electron chi connectivity index (χ3n) is 7.98. The number of fused-ring (bicyclic) bond motifs is 1. The van der Waals surface area contributed by atoms with Crippen molar-refractivity contribution >= 4 is 40.2 Å². The van der Waals surface area contributed by atoms with Gasteiger partial charge in [0.25, 0.3) is 0 Å². The predicted octanol–water partition coefficient (Wildman–Crippen LogP) is 5.32. The zero-order chi connectivity index (χ0) is 31.6. The molecule has 2 fully saturated rings. The van der Waals surface area contributed by atoms with Crippen LogP contribution in [0.15, 0.2) is 72.9 Å². The summed E-state index contributed by atoms with van der Waals surface area (Å²) in [6.07, 6.45) is 1.97. The fraction of sp³-hybridized carbons (Fsp3) is 0.273. The summed E-state index contributed by atoms with van der Waals surface area (Å²) in [5.74, 6) is 0.353. The molecule has 1 aromatic heterocycles. The molecule has 2 heterocycles. The largest absolute Gasteiger partial charge is 0.493 e. The van der Waals surface area contributed by atoms with E-state index in [1.54, 1.807) is 53.6 Å². The Kier molecular flexibility index (Phi) is 8.22. The highest BCUT2D eigenvalue weighted by atomic mass is 19.1. The minimum atomic E-state index is -1.17. The Hall–Kier alpha value is -5.23. The molecule has 0 spiro atoms. The zero-order valence-electron chi connectivity index (χ0n) is 24.8. The summed E-state index contributed by atoms with van der Waals surface area (Å²) < 4.78 is 30.6. The highest BCUT2D eigenvalue weighted by Crippen LogP contribution is 2.47. The lowest BCUT2D eigenvalue weighted by atomic mass is 10.0. The van der Waals surface area contributed by atoms with Gasteiger partial charge in [0, 0.05) is 54.7 Å². The average Bonchev–Trinajstić information content (AvgIpc) is 3.86. The molecule has 1 atom stereocenters. The number of carbonyl (C=O) groups excluding carboxylic acids is 3. The average molecular weight is 614 g/mol. The Balaban J connectivity index is 1.13. The van der Waals surface area contributed by atoms with Gasteiger partial charge in [0.1, 0.15) is 22.7 Å². The second-order valence-electron chi connectivity index (χ2n) is 11.1. The number of carbonyl (C=O) groups is 3. The molecule has 11 nitrogen and oxygen atoms in total. The maximum Gasteiger partial charge on any atom is 0.415 e. The van der Waals surface area contributed by atoms with Gasteiger partial charge in [0.2, 0.25) is 11.8 Å². The monoisotopic (exact) mass is 613 g/mol. The van der Waals surface area contributed by atoms with Crippen molar-refractivity contribution in [1.29, 1.82) is 0 Å². The highest BCUT2D eigenvalue weighted by molar-refractivity contribution is 6.16. The van der Waals surface area contributed by atoms with Gasteiger partial charge in [-0.05, 0) is 80.4 Å². The molecule has 2 aliphatic rings. The molecule has 1 saturated heterocycles. The van der Waals surface area contributed by atoms with Crippen LogP contribution in [-0.4, -0.2) is 60.6 Å². The number of hydrogen-bond acceptors (Lipinski definition) is 8. The van der Waals surface area contributed by atoms with Crippen molar-refractivity contribution in [3.8, 4) is 23.0 Å². The van der Waals surface area contributed by atoms with Gasteiger partial charge in [-0.1, -0.05) is 0 Å². The van der Waals surface area contributed by atoms with Crippen LogP contribution in [0.5, 0.6) is 23.0 Å². The third-order valence-corrected chi connectivity index (χ3v) is 7.98. The number of rotatable bonds is 8. The number of methoxy groups -OCH3 is 1. The Bertz CT molecular complexity index is 1740. The zero-order valence-corrected chi connectivity index (χ0v) is 24.8. The van der Waals surface area contributed by atoms with Crippen LogP contribution < -0.4 is 30.2 Å². The number of pyridine rings is 1. The Morgan fingerprint density at radius 3 is 2.22 bits per heavy atom. The quantitative estimate of drug-likeness (QED) is 0.228. The molecule has 12 heteroatoms. The molecule has 1 aliphatic heterocycles. The number of piperazine rings is 1. The van der Waals surface area contributed by atoms with E-state index in [-0.39, 0.29) is 11.8 Å². The first-order chi connectivity index (χ1) is 21.8. The van der Waals surface area contributed by atoms with E-state index in [0.29, 0.717) is 72.0 Å². The van der Waals surface area contributed by atoms with Gasteiger partial charge >= 0.3 is 6.09 Å². The normalized spacial score (nSPS) is 16.9. The first kappa shape index (κ1) is 29.8. The molecule has 0 unspecified atom stereocenters. The van der Waals surface area contributed by atoms with Gasteiger partial charge < -0.3 is 35.1 Å². The maximum atomic E-state index is 13.2. The summed E-state index contributed by atoms with van der Waals surface area (Å²) in [6, 6.07) is 17.2. The number of nitrogens with zero attached hydrogens (tertiary/aromatic N) is 2. The van der Waals surface area contributed by atoms with E-state index in [1.807, 2.05) is 6.92 Å². The van der Waals surface area contributed by atoms with Crippen LogP contribution in [0.25, 0.3) is 10.9 Å². The lowest BCUT2D eigenvalue weighted by Crippen LogP contribution is -2.53. The summed E-state index contributed by atoms with van der Waals surface area (Å²) in [5, 5.41) is 9.40. The van der Waals surface area contributed by atoms with Crippen LogP contribution in [0.4, 0.5) is 20.6 Å². The summed E-state index contributed by atoms with van der Waals surface area (Å²) in [4.78, 5) is 44.9. The van der Waals surface area contributed by atoms with E-state index in [2.05, 4.69) is 20.9 Å². The van der Waals surface area contributed by atoms with Gasteiger partial charge in [-0.15, -0.1) is 0 Å². The van der Waals surface area contributed by atoms with E-state index in [9.17, 15) is 18.8 Å². The Morgan fingerprint density at radius 1 is 0.933 bits per heavy atom. The summed E-state index contributed by atoms with van der Waals surface area (Å²) >= 11 is 0. The molecule has 0 bridgehead atoms. The molecule has 45 heavy (non-hydrogen) atoms. The maximum absolute atomic E-state index is 13.2. The molecule has 1 saturated carbocycles. The number of aromatic nitrogens is 1. The first-order valence-electron chi connectivity index (χ1n) is 14.6. The van der Waals surface area contributed by atoms with Crippen molar-refractivity contribution in [2.75, 3.05) is 37.4 Å². The van der Waals surface area contributed by atoms with E-state index in [0.717, 1.165) is 0 Å². The van der Waals surface area contributed by atoms with Crippen LogP contribution in [0, 0.1) is 11.2 Å². The van der Waals surface area contributed by atoms with Gasteiger partial charge in [0.15, 0.2) is 11.5 Å². The van der Waals surface area contributed by atoms with Crippen LogP contribution >= 0.6 is 0 Å². The molecule has 232 valence electrons. The molecule has 6 rings (SSSR count). The number of nitrogens with one attached hydrogen (secondary N) is 3. The first-order valence-corrected chi connectivity index (χ1v) is 14.6. The topological polar surface area (TPSA) is 131 Å². The lowest BCUT2D eigenvalue weighted by molar-refractivity contribution is -0.131. The third kappa shape index (κ3) is 6.36. The van der Waals surface area contributed by atoms with Crippen LogP contribution in [0.3, 0.4) is 0 Å². The molecule has 0 radical (unpaired) electrons. The number of hydrogen-bond donors (Lipinski definition) is 3. The van der Waals surface area contributed by atoms with Gasteiger partial charge in [0.05, 0.1) is 12.6 Å². The van der Waals surface area contributed by atoms with Crippen LogP contribution in [-0.2, 0) is 9.59 Å². The van der Waals surface area contributed by atoms with Crippen molar-refractivity contribution in [3.63, 3.8) is 0 Å². The van der Waals surface area contributed by atoms with Gasteiger partial charge in [-0.25, -0.2) is 9.18 Å². The van der Waals surface area contributed by atoms with Crippen LogP contribution in [0.1, 0.15) is 19.8 Å². The van der Waals surface area contributed by atoms with E-state index in [4.69, 9.17) is 14.2 Å². The molecule has 4 aromatic rings. The number of ether oxygens (including phenoxy) is 3. The molecule has 1 aliphatic carbocycles. The molecule has 3 N–H and O–H groups in total. The fourth-order valence-corrected chi connectivity index (χ4v) is 5.17. The minimum Gasteiger partial charge on any atom is -0.493 e. The van der Waals surface area contributed by atoms with Crippen molar-refractivity contribution in [1.82, 2.24) is 15.2 Å². The minimum absolute atomic E-state index is 0.00215. The number of benzene rings is 3. The predicted molar refractivity (Wildman–Crippen MR) is 165 cm³/mol. The smallest absolute Gasteiger partial charge is 0.415 e. The number of halogens is 1. The van der Waals surface area contributed by atoms with Crippen molar-refractivity contribution < 1.29 is 33.0 Å². The second kappa shape index (κ2) is 12.4. The van der Waals surface area contributed by atoms with Gasteiger partial charge in [-0.2, -0.15) is 0 Å². The molecule has 3 amide bonds. The van der Waals surface area contributed by atoms with Crippen molar-refractivity contribution in [2.45, 2.75) is 25.8 Å². The van der Waals surface area contributed by atoms with Crippen molar-refractivity contribution in [2.24, 2.45) is 5.41 Å². The van der Waals surface area contributed by atoms with E-state index < -0.39 is 29.1 Å². The Labute approximate surface area is 258 Å². The Morgan fingerprint density at radius 2 is 1.60 bits per heavy atom. The summed E-state index contributed by atoms with van der Waals surface area (Å²) in [6.45, 7) is 3.89. The number of anilines is 2. The number of amides is 3. The lowest BCUT2D eigenvalue weighted by Gasteiger charge is -2.33. The molecule has 3 aromatic carbocycles. The summed E-state index contributed by atoms with van der Waals surface area (Å²) in [7, 11) is 1.49. The van der Waals surface area contributed by atoms with E-state index >= 15 is 0 Å². The van der Waals surface area contributed by atoms with Crippen molar-refractivity contribution in [3.05, 3.63) is 78.7 Å². The highest BCUT2D eigenvalue weighted by Gasteiger charge is 2.56. The SMILES string of the molecule is COc1cc2c(Oc3ccc(NC(=O)C4(C(=O)Nc5ccc(F)cc5)CC4)cc3)ccnc2cc1OC(=O)N1CCNC[C@H]1C. The molecular formula is C33H32FN5O6. The molecular weight excluding hydrogens is 581 g/mol. The van der Waals surface area contributed by atoms with E-state index in [1.165, 1.54) is 31.4 Å². The summed E-state index contributed by atoms with van der Waals surface area (Å²) in [5.41, 5.74) is 0.293. The van der Waals surface area contributed by atoms with Crippen LogP contribution in [0.2, 0.25) is 0 Å².